The number of hydrogen-bond acceptors (Lipinski definition) is 4. The average Bonchev–Trinajstić information content (AvgIpc) is 3.15. The fraction of sp³-hybridized carbons (Fsp3) is 0.500. The first kappa shape index (κ1) is 15.4. The Bertz CT molecular complexity index is 551. The number of carboxylic acids is 1. The maximum atomic E-state index is 12.0. The Hall–Kier alpha value is -2.04. The molecule has 1 N–H and O–H groups in total. The Morgan fingerprint density at radius 1 is 1.43 bits per heavy atom. The van der Waals surface area contributed by atoms with Crippen LogP contribution in [0, 0.1) is 5.41 Å². The highest BCUT2D eigenvalue weighted by Gasteiger charge is 2.68. The predicted octanol–water partition coefficient (Wildman–Crippen LogP) is 2.60. The second-order valence-electron chi connectivity index (χ2n) is 5.49. The van der Waals surface area contributed by atoms with E-state index in [1.54, 1.807) is 13.0 Å². The topological polar surface area (TPSA) is 72.8 Å². The van der Waals surface area contributed by atoms with Crippen molar-refractivity contribution < 1.29 is 24.2 Å². The Balaban J connectivity index is 2.23. The van der Waals surface area contributed by atoms with Gasteiger partial charge in [-0.15, -0.1) is 0 Å². The number of hydrogen-bond donors (Lipinski definition) is 1. The van der Waals surface area contributed by atoms with Crippen molar-refractivity contribution in [1.29, 1.82) is 0 Å². The second kappa shape index (κ2) is 5.76. The van der Waals surface area contributed by atoms with Gasteiger partial charge in [-0.1, -0.05) is 12.1 Å². The zero-order valence-corrected chi connectivity index (χ0v) is 12.5. The maximum absolute atomic E-state index is 12.0. The minimum absolute atomic E-state index is 0.0359. The number of carbonyl (C=O) groups is 2. The summed E-state index contributed by atoms with van der Waals surface area (Å²) in [6, 6.07) is 7.25. The van der Waals surface area contributed by atoms with E-state index >= 15 is 0 Å². The van der Waals surface area contributed by atoms with Crippen molar-refractivity contribution in [1.82, 2.24) is 0 Å². The Kier molecular flexibility index (Phi) is 4.21. The van der Waals surface area contributed by atoms with E-state index in [0.29, 0.717) is 5.75 Å². The molecule has 21 heavy (non-hydrogen) atoms. The third-order valence-electron chi connectivity index (χ3n) is 3.61. The van der Waals surface area contributed by atoms with E-state index in [1.807, 2.05) is 32.0 Å². The summed E-state index contributed by atoms with van der Waals surface area (Å²) in [7, 11) is 0. The fourth-order valence-corrected chi connectivity index (χ4v) is 2.55. The van der Waals surface area contributed by atoms with E-state index in [4.69, 9.17) is 9.47 Å². The molecule has 1 aliphatic carbocycles. The van der Waals surface area contributed by atoms with Gasteiger partial charge >= 0.3 is 11.9 Å². The van der Waals surface area contributed by atoms with E-state index in [-0.39, 0.29) is 25.0 Å². The molecule has 0 saturated heterocycles. The molecule has 2 atom stereocenters. The van der Waals surface area contributed by atoms with Gasteiger partial charge < -0.3 is 14.6 Å². The number of ether oxygens (including phenoxy) is 2. The van der Waals surface area contributed by atoms with Crippen LogP contribution in [-0.2, 0) is 14.3 Å². The standard InChI is InChI=1S/C16H20O5/c1-4-20-15(19)16(14(17)18)9-13(16)11-6-5-7-12(8-11)21-10(2)3/h5-8,10,13H,4,9H2,1-3H3,(H,17,18). The van der Waals surface area contributed by atoms with Gasteiger partial charge in [-0.2, -0.15) is 0 Å². The summed E-state index contributed by atoms with van der Waals surface area (Å²) in [5.41, 5.74) is -0.643. The molecule has 0 aromatic heterocycles. The second-order valence-corrected chi connectivity index (χ2v) is 5.49. The zero-order chi connectivity index (χ0) is 15.6. The highest BCUT2D eigenvalue weighted by atomic mass is 16.5. The third kappa shape index (κ3) is 2.86. The molecule has 0 radical (unpaired) electrons. The van der Waals surface area contributed by atoms with Gasteiger partial charge in [-0.25, -0.2) is 0 Å². The quantitative estimate of drug-likeness (QED) is 0.644. The molecule has 0 aliphatic heterocycles. The van der Waals surface area contributed by atoms with Gasteiger partial charge in [0.2, 0.25) is 0 Å². The smallest absolute Gasteiger partial charge is 0.324 e. The molecular formula is C16H20O5. The lowest BCUT2D eigenvalue weighted by molar-refractivity contribution is -0.161. The number of aliphatic carboxylic acids is 1. The molecule has 1 fully saturated rings. The summed E-state index contributed by atoms with van der Waals surface area (Å²) >= 11 is 0. The summed E-state index contributed by atoms with van der Waals surface area (Å²) in [6.07, 6.45) is 0.306. The minimum Gasteiger partial charge on any atom is -0.491 e. The Labute approximate surface area is 123 Å². The van der Waals surface area contributed by atoms with Crippen LogP contribution >= 0.6 is 0 Å². The van der Waals surface area contributed by atoms with Crippen LogP contribution in [-0.4, -0.2) is 29.8 Å². The summed E-state index contributed by atoms with van der Waals surface area (Å²) in [6.45, 7) is 5.69. The van der Waals surface area contributed by atoms with Gasteiger partial charge in [0.1, 0.15) is 5.75 Å². The first-order valence-corrected chi connectivity index (χ1v) is 7.09. The Morgan fingerprint density at radius 3 is 2.71 bits per heavy atom. The van der Waals surface area contributed by atoms with Gasteiger partial charge in [0.05, 0.1) is 12.7 Å². The lowest BCUT2D eigenvalue weighted by Crippen LogP contribution is -2.29. The normalized spacial score (nSPS) is 23.7. The first-order chi connectivity index (χ1) is 9.91. The zero-order valence-electron chi connectivity index (χ0n) is 12.5. The van der Waals surface area contributed by atoms with Crippen molar-refractivity contribution in [2.75, 3.05) is 6.61 Å². The minimum atomic E-state index is -1.44. The predicted molar refractivity (Wildman–Crippen MR) is 76.3 cm³/mol. The van der Waals surface area contributed by atoms with Crippen molar-refractivity contribution >= 4 is 11.9 Å². The molecule has 0 amide bonds. The van der Waals surface area contributed by atoms with Crippen LogP contribution in [0.4, 0.5) is 0 Å². The van der Waals surface area contributed by atoms with E-state index in [1.165, 1.54) is 0 Å². The molecule has 0 heterocycles. The fourth-order valence-electron chi connectivity index (χ4n) is 2.55. The number of rotatable bonds is 6. The summed E-state index contributed by atoms with van der Waals surface area (Å²) in [5.74, 6) is -1.46. The summed E-state index contributed by atoms with van der Waals surface area (Å²) < 4.78 is 10.5. The molecule has 5 nitrogen and oxygen atoms in total. The maximum Gasteiger partial charge on any atom is 0.324 e. The van der Waals surface area contributed by atoms with E-state index in [2.05, 4.69) is 0 Å². The monoisotopic (exact) mass is 292 g/mol. The van der Waals surface area contributed by atoms with Crippen molar-refractivity contribution in [3.05, 3.63) is 29.8 Å². The van der Waals surface area contributed by atoms with E-state index in [9.17, 15) is 14.7 Å². The van der Waals surface area contributed by atoms with Crippen molar-refractivity contribution in [2.45, 2.75) is 39.2 Å². The molecule has 1 saturated carbocycles. The van der Waals surface area contributed by atoms with Crippen LogP contribution in [0.5, 0.6) is 5.75 Å². The molecule has 1 aromatic rings. The van der Waals surface area contributed by atoms with Crippen LogP contribution in [0.15, 0.2) is 24.3 Å². The number of carbonyl (C=O) groups excluding carboxylic acids is 1. The molecule has 2 unspecified atom stereocenters. The van der Waals surface area contributed by atoms with E-state index in [0.717, 1.165) is 5.56 Å². The first-order valence-electron chi connectivity index (χ1n) is 7.09. The van der Waals surface area contributed by atoms with Gasteiger partial charge in [0.15, 0.2) is 5.41 Å². The summed E-state index contributed by atoms with van der Waals surface area (Å²) in [4.78, 5) is 23.5. The molecule has 1 aromatic carbocycles. The molecule has 1 aliphatic rings. The SMILES string of the molecule is CCOC(=O)C1(C(=O)O)CC1c1cccc(OC(C)C)c1. The lowest BCUT2D eigenvalue weighted by Gasteiger charge is -2.13. The third-order valence-corrected chi connectivity index (χ3v) is 3.61. The van der Waals surface area contributed by atoms with E-state index < -0.39 is 17.4 Å². The average molecular weight is 292 g/mol. The van der Waals surface area contributed by atoms with Crippen molar-refractivity contribution in [3.63, 3.8) is 0 Å². The van der Waals surface area contributed by atoms with Crippen LogP contribution in [0.3, 0.4) is 0 Å². The van der Waals surface area contributed by atoms with Crippen LogP contribution < -0.4 is 4.74 Å². The van der Waals surface area contributed by atoms with Crippen LogP contribution in [0.1, 0.15) is 38.7 Å². The number of esters is 1. The highest BCUT2D eigenvalue weighted by Crippen LogP contribution is 2.60. The highest BCUT2D eigenvalue weighted by molar-refractivity contribution is 6.04. The molecule has 114 valence electrons. The molecule has 0 bridgehead atoms. The van der Waals surface area contributed by atoms with Gasteiger partial charge in [-0.3, -0.25) is 9.59 Å². The van der Waals surface area contributed by atoms with Crippen molar-refractivity contribution in [2.24, 2.45) is 5.41 Å². The molecule has 2 rings (SSSR count). The van der Waals surface area contributed by atoms with Crippen molar-refractivity contribution in [3.8, 4) is 5.75 Å². The number of benzene rings is 1. The summed E-state index contributed by atoms with van der Waals surface area (Å²) in [5, 5.41) is 9.42. The van der Waals surface area contributed by atoms with Gasteiger partial charge in [-0.05, 0) is 44.9 Å². The molecular weight excluding hydrogens is 272 g/mol. The van der Waals surface area contributed by atoms with Gasteiger partial charge in [0.25, 0.3) is 0 Å². The molecule has 5 heteroatoms. The Morgan fingerprint density at radius 2 is 2.14 bits per heavy atom. The van der Waals surface area contributed by atoms with Crippen LogP contribution in [0.2, 0.25) is 0 Å². The molecule has 0 spiro atoms. The largest absolute Gasteiger partial charge is 0.491 e. The lowest BCUT2D eigenvalue weighted by atomic mass is 9.99. The number of carboxylic acid groups (broad SMARTS) is 1. The van der Waals surface area contributed by atoms with Crippen LogP contribution in [0.25, 0.3) is 0 Å². The van der Waals surface area contributed by atoms with Gasteiger partial charge in [0, 0.05) is 5.92 Å².